The molecule has 0 amide bonds. The summed E-state index contributed by atoms with van der Waals surface area (Å²) < 4.78 is 16.5. The fourth-order valence-corrected chi connectivity index (χ4v) is 4.18. The molecule has 0 fully saturated rings. The molecule has 11 heteroatoms. The van der Waals surface area contributed by atoms with Crippen LogP contribution in [0.15, 0.2) is 66.9 Å². The third kappa shape index (κ3) is 4.10. The van der Waals surface area contributed by atoms with E-state index in [1.165, 1.54) is 0 Å². The lowest BCUT2D eigenvalue weighted by Crippen LogP contribution is -2.04. The van der Waals surface area contributed by atoms with Crippen molar-refractivity contribution in [2.45, 2.75) is 13.5 Å². The van der Waals surface area contributed by atoms with E-state index in [-0.39, 0.29) is 23.0 Å². The summed E-state index contributed by atoms with van der Waals surface area (Å²) in [6.45, 7) is 2.07. The molecule has 0 bridgehead atoms. The highest BCUT2D eigenvalue weighted by atomic mass is 19.1. The Labute approximate surface area is 215 Å². The van der Waals surface area contributed by atoms with E-state index < -0.39 is 5.82 Å². The molecule has 0 saturated carbocycles. The Morgan fingerprint density at radius 1 is 0.974 bits per heavy atom. The van der Waals surface area contributed by atoms with Crippen molar-refractivity contribution in [3.8, 4) is 40.4 Å². The van der Waals surface area contributed by atoms with Crippen LogP contribution in [0.3, 0.4) is 0 Å². The molecule has 0 spiro atoms. The van der Waals surface area contributed by atoms with Crippen LogP contribution >= 0.6 is 0 Å². The minimum Gasteiger partial charge on any atom is -0.381 e. The summed E-state index contributed by atoms with van der Waals surface area (Å²) in [6, 6.07) is 20.7. The Kier molecular flexibility index (Phi) is 5.54. The van der Waals surface area contributed by atoms with Crippen LogP contribution in [-0.4, -0.2) is 39.9 Å². The predicted octanol–water partition coefficient (Wildman–Crippen LogP) is 4.29. The SMILES string of the molecule is Cc1c(C#N)cccc1-c1nc(N)c(F)c(-c2cn(Cc3cccc(-c4nc5ccccc5[nH]4)n3)nn2)n1. The number of nitriles is 1. The predicted molar refractivity (Wildman–Crippen MR) is 139 cm³/mol. The molecule has 0 atom stereocenters. The van der Waals surface area contributed by atoms with Crippen LogP contribution in [-0.2, 0) is 6.54 Å². The summed E-state index contributed by atoms with van der Waals surface area (Å²) in [7, 11) is 0. The molecule has 0 saturated heterocycles. The van der Waals surface area contributed by atoms with Gasteiger partial charge < -0.3 is 10.7 Å². The number of pyridine rings is 1. The Morgan fingerprint density at radius 3 is 2.66 bits per heavy atom. The molecule has 6 aromatic rings. The Morgan fingerprint density at radius 2 is 1.82 bits per heavy atom. The summed E-state index contributed by atoms with van der Waals surface area (Å²) in [5.41, 5.74) is 10.9. The van der Waals surface area contributed by atoms with Gasteiger partial charge in [-0.2, -0.15) is 5.26 Å². The average molecular weight is 503 g/mol. The van der Waals surface area contributed by atoms with Gasteiger partial charge in [0, 0.05) is 5.56 Å². The van der Waals surface area contributed by atoms with Crippen molar-refractivity contribution in [3.05, 3.63) is 89.5 Å². The van der Waals surface area contributed by atoms with Gasteiger partial charge in [0.1, 0.15) is 17.1 Å². The summed E-state index contributed by atoms with van der Waals surface area (Å²) in [4.78, 5) is 21.1. The van der Waals surface area contributed by atoms with E-state index in [0.717, 1.165) is 11.0 Å². The van der Waals surface area contributed by atoms with Gasteiger partial charge >= 0.3 is 0 Å². The summed E-state index contributed by atoms with van der Waals surface area (Å²) in [5.74, 6) is -0.251. The smallest absolute Gasteiger partial charge is 0.193 e. The van der Waals surface area contributed by atoms with E-state index in [1.54, 1.807) is 36.0 Å². The largest absolute Gasteiger partial charge is 0.381 e. The van der Waals surface area contributed by atoms with Crippen molar-refractivity contribution in [1.29, 1.82) is 5.26 Å². The van der Waals surface area contributed by atoms with Gasteiger partial charge in [0.2, 0.25) is 0 Å². The lowest BCUT2D eigenvalue weighted by atomic mass is 10.0. The van der Waals surface area contributed by atoms with Crippen molar-refractivity contribution in [2.24, 2.45) is 0 Å². The van der Waals surface area contributed by atoms with E-state index in [0.29, 0.717) is 40.4 Å². The van der Waals surface area contributed by atoms with Gasteiger partial charge in [0.05, 0.1) is 41.1 Å². The number of para-hydroxylation sites is 2. The van der Waals surface area contributed by atoms with Crippen LogP contribution in [0.5, 0.6) is 0 Å². The first-order chi connectivity index (χ1) is 18.5. The van der Waals surface area contributed by atoms with Crippen LogP contribution in [0.2, 0.25) is 0 Å². The van der Waals surface area contributed by atoms with Gasteiger partial charge in [-0.05, 0) is 42.8 Å². The molecule has 38 heavy (non-hydrogen) atoms. The first-order valence-corrected chi connectivity index (χ1v) is 11.6. The highest BCUT2D eigenvalue weighted by Crippen LogP contribution is 2.28. The first kappa shape index (κ1) is 22.9. The van der Waals surface area contributed by atoms with Gasteiger partial charge in [-0.25, -0.2) is 29.0 Å². The number of nitrogens with one attached hydrogen (secondary N) is 1. The zero-order chi connectivity index (χ0) is 26.2. The number of anilines is 1. The minimum atomic E-state index is -0.792. The van der Waals surface area contributed by atoms with E-state index in [1.807, 2.05) is 42.5 Å². The molecule has 6 rings (SSSR count). The standard InChI is InChI=1S/C27H19FN10/c1-15-16(12-29)6-4-8-18(15)26-34-24(23(28)25(30)35-26)22-14-38(37-36-22)13-17-7-5-11-21(31-17)27-32-19-9-2-3-10-20(19)33-27/h2-11,14H,13H2,1H3,(H,32,33)(H2,30,34,35). The fraction of sp³-hybridized carbons (Fsp3) is 0.0741. The van der Waals surface area contributed by atoms with Crippen molar-refractivity contribution in [1.82, 2.24) is 39.9 Å². The topological polar surface area (TPSA) is 148 Å². The summed E-state index contributed by atoms with van der Waals surface area (Å²) >= 11 is 0. The molecule has 10 nitrogen and oxygen atoms in total. The number of halogens is 1. The number of fused-ring (bicyclic) bond motifs is 1. The number of nitrogens with two attached hydrogens (primary N) is 1. The Balaban J connectivity index is 1.31. The second-order valence-electron chi connectivity index (χ2n) is 8.60. The van der Waals surface area contributed by atoms with Gasteiger partial charge in [0.25, 0.3) is 0 Å². The molecule has 0 unspecified atom stereocenters. The van der Waals surface area contributed by atoms with Crippen LogP contribution in [0.25, 0.3) is 45.3 Å². The van der Waals surface area contributed by atoms with Crippen LogP contribution in [0.1, 0.15) is 16.8 Å². The van der Waals surface area contributed by atoms with Crippen LogP contribution in [0.4, 0.5) is 10.2 Å². The van der Waals surface area contributed by atoms with Crippen molar-refractivity contribution in [3.63, 3.8) is 0 Å². The van der Waals surface area contributed by atoms with Crippen molar-refractivity contribution < 1.29 is 4.39 Å². The fourth-order valence-electron chi connectivity index (χ4n) is 4.18. The van der Waals surface area contributed by atoms with Crippen molar-refractivity contribution >= 4 is 16.9 Å². The molecule has 184 valence electrons. The maximum atomic E-state index is 15.0. The number of nitrogen functional groups attached to an aromatic ring is 1. The lowest BCUT2D eigenvalue weighted by molar-refractivity contribution is 0.623. The Bertz CT molecular complexity index is 1830. The van der Waals surface area contributed by atoms with Crippen molar-refractivity contribution in [2.75, 3.05) is 5.73 Å². The molecule has 0 aliphatic carbocycles. The van der Waals surface area contributed by atoms with Crippen LogP contribution < -0.4 is 5.73 Å². The highest BCUT2D eigenvalue weighted by molar-refractivity contribution is 5.78. The summed E-state index contributed by atoms with van der Waals surface area (Å²) in [5, 5.41) is 17.6. The molecule has 2 aromatic carbocycles. The molecular formula is C27H19FN10. The molecule has 3 N–H and O–H groups in total. The Hall–Kier alpha value is -5.50. The molecule has 4 heterocycles. The normalized spacial score (nSPS) is 11.1. The number of benzene rings is 2. The number of aromatic amines is 1. The third-order valence-corrected chi connectivity index (χ3v) is 6.12. The lowest BCUT2D eigenvalue weighted by Gasteiger charge is -2.09. The number of hydrogen-bond donors (Lipinski definition) is 2. The molecule has 0 radical (unpaired) electrons. The molecule has 0 aliphatic heterocycles. The summed E-state index contributed by atoms with van der Waals surface area (Å²) in [6.07, 6.45) is 1.57. The van der Waals surface area contributed by atoms with Crippen LogP contribution in [0, 0.1) is 24.1 Å². The molecule has 4 aromatic heterocycles. The van der Waals surface area contributed by atoms with Gasteiger partial charge in [0.15, 0.2) is 23.3 Å². The number of H-pyrrole nitrogens is 1. The monoisotopic (exact) mass is 502 g/mol. The van der Waals surface area contributed by atoms with Gasteiger partial charge in [-0.3, -0.25) is 0 Å². The number of nitrogens with zero attached hydrogens (tertiary/aromatic N) is 8. The first-order valence-electron chi connectivity index (χ1n) is 11.6. The van der Waals surface area contributed by atoms with E-state index >= 15 is 0 Å². The number of imidazole rings is 1. The zero-order valence-corrected chi connectivity index (χ0v) is 20.1. The number of aromatic nitrogens is 8. The highest BCUT2D eigenvalue weighted by Gasteiger charge is 2.19. The maximum Gasteiger partial charge on any atom is 0.193 e. The third-order valence-electron chi connectivity index (χ3n) is 6.12. The quantitative estimate of drug-likeness (QED) is 0.355. The molecule has 0 aliphatic rings. The zero-order valence-electron chi connectivity index (χ0n) is 20.1. The van der Waals surface area contributed by atoms with Gasteiger partial charge in [-0.15, -0.1) is 5.10 Å². The van der Waals surface area contributed by atoms with E-state index in [4.69, 9.17) is 10.7 Å². The minimum absolute atomic E-state index is 0.0792. The number of rotatable bonds is 5. The second kappa shape index (κ2) is 9.18. The average Bonchev–Trinajstić information content (AvgIpc) is 3.58. The van der Waals surface area contributed by atoms with E-state index in [2.05, 4.69) is 36.3 Å². The maximum absolute atomic E-state index is 15.0. The molecular weight excluding hydrogens is 483 g/mol. The van der Waals surface area contributed by atoms with Gasteiger partial charge in [-0.1, -0.05) is 35.5 Å². The second-order valence-corrected chi connectivity index (χ2v) is 8.60. The number of hydrogen-bond acceptors (Lipinski definition) is 8. The van der Waals surface area contributed by atoms with E-state index in [9.17, 15) is 9.65 Å².